The Bertz CT molecular complexity index is 848. The number of carbonyl (C=O) groups excluding carboxylic acids is 1. The van der Waals surface area contributed by atoms with E-state index in [0.717, 1.165) is 43.9 Å². The molecule has 0 bridgehead atoms. The van der Waals surface area contributed by atoms with Crippen LogP contribution in [0.5, 0.6) is 0 Å². The summed E-state index contributed by atoms with van der Waals surface area (Å²) in [6.45, 7) is 4.37. The minimum atomic E-state index is -0.729. The monoisotopic (exact) mass is 394 g/mol. The molecule has 1 aromatic carbocycles. The molecule has 29 heavy (non-hydrogen) atoms. The number of benzene rings is 1. The van der Waals surface area contributed by atoms with Crippen molar-refractivity contribution in [2.75, 3.05) is 49.1 Å². The highest BCUT2D eigenvalue weighted by atomic mass is 16.4. The number of aliphatic carboxylic acids is 1. The van der Waals surface area contributed by atoms with Crippen LogP contribution in [0, 0.1) is 5.92 Å². The van der Waals surface area contributed by atoms with Crippen LogP contribution in [0.15, 0.2) is 48.8 Å². The molecule has 2 aliphatic heterocycles. The summed E-state index contributed by atoms with van der Waals surface area (Å²) in [5.74, 6) is -0.998. The van der Waals surface area contributed by atoms with Crippen molar-refractivity contribution in [2.45, 2.75) is 12.8 Å². The van der Waals surface area contributed by atoms with Gasteiger partial charge < -0.3 is 19.8 Å². The van der Waals surface area contributed by atoms with Crippen LogP contribution in [0.1, 0.15) is 23.2 Å². The zero-order chi connectivity index (χ0) is 20.2. The first-order valence-corrected chi connectivity index (χ1v) is 10.1. The van der Waals surface area contributed by atoms with Gasteiger partial charge in [-0.25, -0.2) is 0 Å². The van der Waals surface area contributed by atoms with Gasteiger partial charge in [0.05, 0.1) is 5.92 Å². The van der Waals surface area contributed by atoms with Crippen molar-refractivity contribution in [2.24, 2.45) is 5.92 Å². The lowest BCUT2D eigenvalue weighted by Crippen LogP contribution is -2.48. The zero-order valence-corrected chi connectivity index (χ0v) is 16.4. The summed E-state index contributed by atoms with van der Waals surface area (Å²) in [6, 6.07) is 11.6. The predicted octanol–water partition coefficient (Wildman–Crippen LogP) is 2.35. The van der Waals surface area contributed by atoms with Crippen LogP contribution in [0.25, 0.3) is 0 Å². The fraction of sp³-hybridized carbons (Fsp3) is 0.409. The topological polar surface area (TPSA) is 77.0 Å². The molecule has 0 spiro atoms. The fourth-order valence-corrected chi connectivity index (χ4v) is 4.13. The maximum atomic E-state index is 12.9. The number of hydrogen-bond acceptors (Lipinski definition) is 5. The van der Waals surface area contributed by atoms with Crippen LogP contribution in [0.3, 0.4) is 0 Å². The van der Waals surface area contributed by atoms with E-state index in [1.807, 2.05) is 41.3 Å². The summed E-state index contributed by atoms with van der Waals surface area (Å²) >= 11 is 0. The first kappa shape index (κ1) is 19.2. The maximum Gasteiger partial charge on any atom is 0.308 e. The molecule has 0 radical (unpaired) electrons. The largest absolute Gasteiger partial charge is 0.481 e. The molecule has 2 saturated heterocycles. The Morgan fingerprint density at radius 1 is 0.862 bits per heavy atom. The number of carboxylic acid groups (broad SMARTS) is 1. The molecule has 1 N–H and O–H groups in total. The number of piperazine rings is 1. The Balaban J connectivity index is 1.36. The predicted molar refractivity (Wildman–Crippen MR) is 111 cm³/mol. The van der Waals surface area contributed by atoms with Crippen LogP contribution in [-0.2, 0) is 4.79 Å². The summed E-state index contributed by atoms with van der Waals surface area (Å²) in [5, 5.41) is 9.27. The molecule has 7 heteroatoms. The van der Waals surface area contributed by atoms with Gasteiger partial charge in [-0.3, -0.25) is 14.6 Å². The number of carbonyl (C=O) groups is 2. The van der Waals surface area contributed by atoms with E-state index in [2.05, 4.69) is 14.8 Å². The molecule has 3 heterocycles. The van der Waals surface area contributed by atoms with E-state index in [4.69, 9.17) is 0 Å². The van der Waals surface area contributed by atoms with Gasteiger partial charge in [0, 0.05) is 68.6 Å². The van der Waals surface area contributed by atoms with E-state index in [1.54, 1.807) is 12.4 Å². The Morgan fingerprint density at radius 3 is 2.17 bits per heavy atom. The van der Waals surface area contributed by atoms with Crippen molar-refractivity contribution in [3.05, 3.63) is 54.4 Å². The van der Waals surface area contributed by atoms with E-state index in [-0.39, 0.29) is 11.8 Å². The van der Waals surface area contributed by atoms with Crippen LogP contribution in [-0.4, -0.2) is 66.1 Å². The molecule has 0 aliphatic carbocycles. The summed E-state index contributed by atoms with van der Waals surface area (Å²) in [4.78, 5) is 34.5. The van der Waals surface area contributed by atoms with Crippen molar-refractivity contribution >= 4 is 23.3 Å². The molecule has 2 fully saturated rings. The number of aromatic nitrogens is 1. The SMILES string of the molecule is O=C(O)C1CCCN(c2ccc(C(=O)N3CCN(c4ccncc4)CC3)cc2)C1. The van der Waals surface area contributed by atoms with Gasteiger partial charge in [0.25, 0.3) is 5.91 Å². The van der Waals surface area contributed by atoms with Gasteiger partial charge in [0.1, 0.15) is 0 Å². The second-order valence-electron chi connectivity index (χ2n) is 7.65. The number of anilines is 2. The highest BCUT2D eigenvalue weighted by molar-refractivity contribution is 5.94. The number of amides is 1. The van der Waals surface area contributed by atoms with Crippen LogP contribution < -0.4 is 9.80 Å². The highest BCUT2D eigenvalue weighted by Gasteiger charge is 2.26. The van der Waals surface area contributed by atoms with E-state index >= 15 is 0 Å². The third-order valence-corrected chi connectivity index (χ3v) is 5.84. The molecular weight excluding hydrogens is 368 g/mol. The minimum absolute atomic E-state index is 0.0491. The van der Waals surface area contributed by atoms with Crippen molar-refractivity contribution in [1.29, 1.82) is 0 Å². The third-order valence-electron chi connectivity index (χ3n) is 5.84. The first-order chi connectivity index (χ1) is 14.1. The molecule has 1 amide bonds. The van der Waals surface area contributed by atoms with Crippen LogP contribution >= 0.6 is 0 Å². The molecule has 1 aromatic heterocycles. The molecular formula is C22H26N4O3. The number of rotatable bonds is 4. The van der Waals surface area contributed by atoms with E-state index < -0.39 is 5.97 Å². The first-order valence-electron chi connectivity index (χ1n) is 10.1. The van der Waals surface area contributed by atoms with Gasteiger partial charge in [-0.15, -0.1) is 0 Å². The zero-order valence-electron chi connectivity index (χ0n) is 16.4. The number of carboxylic acids is 1. The molecule has 7 nitrogen and oxygen atoms in total. The third kappa shape index (κ3) is 4.34. The number of piperidine rings is 1. The molecule has 1 atom stereocenters. The smallest absolute Gasteiger partial charge is 0.308 e. The fourth-order valence-electron chi connectivity index (χ4n) is 4.13. The molecule has 1 unspecified atom stereocenters. The van der Waals surface area contributed by atoms with Gasteiger partial charge in [0.2, 0.25) is 0 Å². The normalized spacial score (nSPS) is 19.9. The van der Waals surface area contributed by atoms with Crippen molar-refractivity contribution < 1.29 is 14.7 Å². The van der Waals surface area contributed by atoms with Crippen molar-refractivity contribution in [3.63, 3.8) is 0 Å². The molecule has 0 saturated carbocycles. The lowest BCUT2D eigenvalue weighted by molar-refractivity contribution is -0.141. The summed E-state index contributed by atoms with van der Waals surface area (Å²) in [6.07, 6.45) is 5.18. The van der Waals surface area contributed by atoms with Gasteiger partial charge in [-0.05, 0) is 49.2 Å². The van der Waals surface area contributed by atoms with Gasteiger partial charge >= 0.3 is 5.97 Å². The molecule has 2 aliphatic rings. The molecule has 4 rings (SSSR count). The maximum absolute atomic E-state index is 12.9. The van der Waals surface area contributed by atoms with Gasteiger partial charge in [-0.2, -0.15) is 0 Å². The van der Waals surface area contributed by atoms with Crippen molar-refractivity contribution in [3.8, 4) is 0 Å². The number of nitrogens with zero attached hydrogens (tertiary/aromatic N) is 4. The Hall–Kier alpha value is -3.09. The summed E-state index contributed by atoms with van der Waals surface area (Å²) < 4.78 is 0. The average Bonchev–Trinajstić information content (AvgIpc) is 2.79. The summed E-state index contributed by atoms with van der Waals surface area (Å²) in [5.41, 5.74) is 2.80. The second-order valence-corrected chi connectivity index (χ2v) is 7.65. The molecule has 152 valence electrons. The van der Waals surface area contributed by atoms with Gasteiger partial charge in [-0.1, -0.05) is 0 Å². The van der Waals surface area contributed by atoms with E-state index in [0.29, 0.717) is 25.2 Å². The quantitative estimate of drug-likeness (QED) is 0.858. The standard InChI is InChI=1S/C22H26N4O3/c27-21(25-14-12-24(13-15-25)20-7-9-23-10-8-20)17-3-5-19(6-4-17)26-11-1-2-18(16-26)22(28)29/h3-10,18H,1-2,11-16H2,(H,28,29). The minimum Gasteiger partial charge on any atom is -0.481 e. The lowest BCUT2D eigenvalue weighted by atomic mass is 9.97. The Labute approximate surface area is 170 Å². The summed E-state index contributed by atoms with van der Waals surface area (Å²) in [7, 11) is 0. The lowest BCUT2D eigenvalue weighted by Gasteiger charge is -2.36. The van der Waals surface area contributed by atoms with E-state index in [9.17, 15) is 14.7 Å². The Kier molecular flexibility index (Phi) is 5.64. The van der Waals surface area contributed by atoms with Gasteiger partial charge in [0.15, 0.2) is 0 Å². The Morgan fingerprint density at radius 2 is 1.52 bits per heavy atom. The number of hydrogen-bond donors (Lipinski definition) is 1. The number of pyridine rings is 1. The van der Waals surface area contributed by atoms with Crippen molar-refractivity contribution in [1.82, 2.24) is 9.88 Å². The highest BCUT2D eigenvalue weighted by Crippen LogP contribution is 2.24. The molecule has 2 aromatic rings. The second kappa shape index (κ2) is 8.51. The van der Waals surface area contributed by atoms with Crippen LogP contribution in [0.4, 0.5) is 11.4 Å². The average molecular weight is 394 g/mol. The van der Waals surface area contributed by atoms with E-state index in [1.165, 1.54) is 0 Å². The van der Waals surface area contributed by atoms with Crippen LogP contribution in [0.2, 0.25) is 0 Å².